The number of urea groups is 1. The quantitative estimate of drug-likeness (QED) is 0.441. The third-order valence-electron chi connectivity index (χ3n) is 3.63. The van der Waals surface area contributed by atoms with Gasteiger partial charge in [0.2, 0.25) is 5.91 Å². The van der Waals surface area contributed by atoms with E-state index < -0.39 is 11.6 Å². The van der Waals surface area contributed by atoms with Crippen LogP contribution in [-0.2, 0) is 9.59 Å². The third kappa shape index (κ3) is 4.57. The molecule has 8 heteroatoms. The predicted molar refractivity (Wildman–Crippen MR) is 82.4 cm³/mol. The number of nitrogens with one attached hydrogen (secondary N) is 3. The van der Waals surface area contributed by atoms with Gasteiger partial charge in [0.1, 0.15) is 12.1 Å². The number of imide groups is 1. The maximum atomic E-state index is 12.3. The van der Waals surface area contributed by atoms with Crippen LogP contribution in [0.4, 0.5) is 4.79 Å². The fraction of sp³-hybridized carbons (Fsp3) is 0.769. The van der Waals surface area contributed by atoms with Gasteiger partial charge in [0.05, 0.1) is 0 Å². The summed E-state index contributed by atoms with van der Waals surface area (Å²) in [5.41, 5.74) is -0.846. The zero-order valence-electron chi connectivity index (χ0n) is 12.8. The number of amides is 4. The molecule has 0 unspecified atom stereocenters. The summed E-state index contributed by atoms with van der Waals surface area (Å²) in [5.74, 6) is -0.635. The van der Waals surface area contributed by atoms with E-state index in [-0.39, 0.29) is 30.8 Å². The van der Waals surface area contributed by atoms with Crippen LogP contribution in [-0.4, -0.2) is 54.5 Å². The number of halogens is 1. The minimum absolute atomic E-state index is 0. The number of rotatable bonds is 8. The Morgan fingerprint density at radius 2 is 1.81 bits per heavy atom. The van der Waals surface area contributed by atoms with Crippen LogP contribution in [0.2, 0.25) is 0 Å². The van der Waals surface area contributed by atoms with Gasteiger partial charge in [-0.1, -0.05) is 20.8 Å². The lowest BCUT2D eigenvalue weighted by Gasteiger charge is -2.23. The minimum Gasteiger partial charge on any atom is -0.353 e. The summed E-state index contributed by atoms with van der Waals surface area (Å²) in [7, 11) is 0. The second-order valence-corrected chi connectivity index (χ2v) is 4.81. The normalized spacial score (nSPS) is 16.4. The van der Waals surface area contributed by atoms with Gasteiger partial charge in [0, 0.05) is 13.1 Å². The number of nitrogens with zero attached hydrogens (tertiary/aromatic N) is 1. The van der Waals surface area contributed by atoms with Gasteiger partial charge in [-0.15, -0.1) is 12.4 Å². The Balaban J connectivity index is 0.00000400. The summed E-state index contributed by atoms with van der Waals surface area (Å²) in [4.78, 5) is 36.8. The average Bonchev–Trinajstić information content (AvgIpc) is 2.68. The van der Waals surface area contributed by atoms with Crippen LogP contribution in [0.5, 0.6) is 0 Å². The van der Waals surface area contributed by atoms with Gasteiger partial charge >= 0.3 is 6.03 Å². The van der Waals surface area contributed by atoms with Gasteiger partial charge < -0.3 is 16.0 Å². The van der Waals surface area contributed by atoms with E-state index >= 15 is 0 Å². The lowest BCUT2D eigenvalue weighted by molar-refractivity contribution is -0.135. The van der Waals surface area contributed by atoms with Crippen molar-refractivity contribution < 1.29 is 14.4 Å². The van der Waals surface area contributed by atoms with Gasteiger partial charge in [0.15, 0.2) is 0 Å². The van der Waals surface area contributed by atoms with E-state index in [4.69, 9.17) is 0 Å². The smallest absolute Gasteiger partial charge is 0.325 e. The largest absolute Gasteiger partial charge is 0.353 e. The van der Waals surface area contributed by atoms with Crippen molar-refractivity contribution in [3.05, 3.63) is 0 Å². The Kier molecular flexibility index (Phi) is 8.27. The number of hydrogen-bond donors (Lipinski definition) is 3. The van der Waals surface area contributed by atoms with E-state index in [0.717, 1.165) is 11.4 Å². The van der Waals surface area contributed by atoms with E-state index in [9.17, 15) is 14.4 Å². The molecular formula is C13H25ClN4O3. The standard InChI is InChI=1S/C13H24N4O3.ClH/c1-4-13(5-2)11(19)17(12(20)16-13)9-10(18)15-8-7-14-6-3;/h14H,4-9H2,1-3H3,(H,15,18)(H,16,20);1H. The van der Waals surface area contributed by atoms with Crippen molar-refractivity contribution in [1.82, 2.24) is 20.9 Å². The van der Waals surface area contributed by atoms with Gasteiger partial charge in [-0.2, -0.15) is 0 Å². The minimum atomic E-state index is -0.846. The molecule has 122 valence electrons. The van der Waals surface area contributed by atoms with E-state index in [1.54, 1.807) is 0 Å². The molecule has 0 aromatic carbocycles. The van der Waals surface area contributed by atoms with Crippen LogP contribution in [0, 0.1) is 0 Å². The Morgan fingerprint density at radius 1 is 1.19 bits per heavy atom. The maximum Gasteiger partial charge on any atom is 0.325 e. The summed E-state index contributed by atoms with van der Waals surface area (Å²) in [6, 6.07) is -0.486. The Hall–Kier alpha value is -1.34. The molecule has 0 spiro atoms. The van der Waals surface area contributed by atoms with Crippen LogP contribution in [0.15, 0.2) is 0 Å². The van der Waals surface area contributed by atoms with E-state index in [2.05, 4.69) is 16.0 Å². The molecule has 0 radical (unpaired) electrons. The average molecular weight is 321 g/mol. The second kappa shape index (κ2) is 8.84. The topological polar surface area (TPSA) is 90.5 Å². The van der Waals surface area contributed by atoms with Crippen molar-refractivity contribution in [2.45, 2.75) is 39.2 Å². The van der Waals surface area contributed by atoms with E-state index in [0.29, 0.717) is 25.9 Å². The number of likely N-dealkylation sites (N-methyl/N-ethyl adjacent to an activating group) is 1. The maximum absolute atomic E-state index is 12.3. The molecule has 0 aromatic heterocycles. The number of carbonyl (C=O) groups excluding carboxylic acids is 3. The molecule has 0 aromatic rings. The molecule has 1 aliphatic heterocycles. The zero-order valence-corrected chi connectivity index (χ0v) is 13.6. The van der Waals surface area contributed by atoms with Crippen molar-refractivity contribution in [3.63, 3.8) is 0 Å². The van der Waals surface area contributed by atoms with Crippen molar-refractivity contribution in [1.29, 1.82) is 0 Å². The van der Waals surface area contributed by atoms with Crippen LogP contribution < -0.4 is 16.0 Å². The highest BCUT2D eigenvalue weighted by Crippen LogP contribution is 2.24. The molecule has 0 bridgehead atoms. The Morgan fingerprint density at radius 3 is 2.29 bits per heavy atom. The van der Waals surface area contributed by atoms with Crippen LogP contribution >= 0.6 is 12.4 Å². The molecule has 1 heterocycles. The van der Waals surface area contributed by atoms with Crippen molar-refractivity contribution in [2.75, 3.05) is 26.2 Å². The first kappa shape index (κ1) is 19.7. The van der Waals surface area contributed by atoms with E-state index in [1.165, 1.54) is 0 Å². The fourth-order valence-electron chi connectivity index (χ4n) is 2.22. The fourth-order valence-corrected chi connectivity index (χ4v) is 2.22. The first-order valence-corrected chi connectivity index (χ1v) is 7.12. The lowest BCUT2D eigenvalue weighted by Crippen LogP contribution is -2.47. The van der Waals surface area contributed by atoms with Crippen LogP contribution in [0.1, 0.15) is 33.6 Å². The van der Waals surface area contributed by atoms with Gasteiger partial charge in [-0.25, -0.2) is 4.79 Å². The van der Waals surface area contributed by atoms with Crippen molar-refractivity contribution in [3.8, 4) is 0 Å². The summed E-state index contributed by atoms with van der Waals surface area (Å²) >= 11 is 0. The molecule has 21 heavy (non-hydrogen) atoms. The van der Waals surface area contributed by atoms with Gasteiger partial charge in [0.25, 0.3) is 5.91 Å². The molecule has 3 N–H and O–H groups in total. The second-order valence-electron chi connectivity index (χ2n) is 4.81. The highest BCUT2D eigenvalue weighted by Gasteiger charge is 2.49. The Bertz CT molecular complexity index is 386. The molecule has 0 atom stereocenters. The highest BCUT2D eigenvalue weighted by atomic mass is 35.5. The molecule has 4 amide bonds. The Labute approximate surface area is 131 Å². The summed E-state index contributed by atoms with van der Waals surface area (Å²) in [6.45, 7) is 7.42. The highest BCUT2D eigenvalue weighted by molar-refractivity contribution is 6.08. The van der Waals surface area contributed by atoms with Crippen molar-refractivity contribution >= 4 is 30.3 Å². The summed E-state index contributed by atoms with van der Waals surface area (Å²) in [6.07, 6.45) is 1.04. The third-order valence-corrected chi connectivity index (χ3v) is 3.63. The van der Waals surface area contributed by atoms with E-state index in [1.807, 2.05) is 20.8 Å². The summed E-state index contributed by atoms with van der Waals surface area (Å²) < 4.78 is 0. The monoisotopic (exact) mass is 320 g/mol. The molecular weight excluding hydrogens is 296 g/mol. The molecule has 7 nitrogen and oxygen atoms in total. The molecule has 0 aliphatic carbocycles. The number of hydrogen-bond acceptors (Lipinski definition) is 4. The van der Waals surface area contributed by atoms with Gasteiger partial charge in [-0.05, 0) is 19.4 Å². The molecule has 1 aliphatic rings. The van der Waals surface area contributed by atoms with Crippen LogP contribution in [0.3, 0.4) is 0 Å². The van der Waals surface area contributed by atoms with Crippen molar-refractivity contribution in [2.24, 2.45) is 0 Å². The van der Waals surface area contributed by atoms with Gasteiger partial charge in [-0.3, -0.25) is 14.5 Å². The zero-order chi connectivity index (χ0) is 15.2. The first-order chi connectivity index (χ1) is 9.50. The predicted octanol–water partition coefficient (Wildman–Crippen LogP) is 0.245. The molecule has 1 rings (SSSR count). The van der Waals surface area contributed by atoms with Crippen LogP contribution in [0.25, 0.3) is 0 Å². The lowest BCUT2D eigenvalue weighted by atomic mass is 9.93. The molecule has 0 saturated carbocycles. The molecule has 1 fully saturated rings. The number of carbonyl (C=O) groups is 3. The first-order valence-electron chi connectivity index (χ1n) is 7.12. The SMILES string of the molecule is CCNCCNC(=O)CN1C(=O)NC(CC)(CC)C1=O.Cl. The molecule has 1 saturated heterocycles. The summed E-state index contributed by atoms with van der Waals surface area (Å²) in [5, 5.41) is 8.44.